The van der Waals surface area contributed by atoms with Gasteiger partial charge in [-0.2, -0.15) is 5.10 Å². The van der Waals surface area contributed by atoms with E-state index in [4.69, 9.17) is 9.47 Å². The molecule has 1 amide bonds. The number of carbonyl (C=O) groups is 1. The van der Waals surface area contributed by atoms with E-state index in [1.807, 2.05) is 0 Å². The maximum absolute atomic E-state index is 12.0. The summed E-state index contributed by atoms with van der Waals surface area (Å²) < 4.78 is 11.2. The molecular weight excluding hydrogens is 352 g/mol. The van der Waals surface area contributed by atoms with Crippen molar-refractivity contribution in [3.63, 3.8) is 0 Å². The molecular formula is C15H11BrN2O4. The minimum atomic E-state index is -0.385. The summed E-state index contributed by atoms with van der Waals surface area (Å²) in [6, 6.07) is 9.80. The lowest BCUT2D eigenvalue weighted by Crippen LogP contribution is -2.17. The normalized spacial score (nSPS) is 12.6. The van der Waals surface area contributed by atoms with Crippen molar-refractivity contribution in [1.82, 2.24) is 5.43 Å². The van der Waals surface area contributed by atoms with Gasteiger partial charge < -0.3 is 14.6 Å². The van der Waals surface area contributed by atoms with Gasteiger partial charge in [0.15, 0.2) is 11.5 Å². The second-order valence-electron chi connectivity index (χ2n) is 4.47. The van der Waals surface area contributed by atoms with Gasteiger partial charge in [0.2, 0.25) is 6.79 Å². The van der Waals surface area contributed by atoms with Gasteiger partial charge >= 0.3 is 0 Å². The van der Waals surface area contributed by atoms with E-state index in [0.717, 1.165) is 4.47 Å². The first-order valence-electron chi connectivity index (χ1n) is 6.35. The molecule has 0 radical (unpaired) electrons. The third kappa shape index (κ3) is 3.04. The SMILES string of the molecule is O=C(NN=Cc1cc(Br)ccc1O)c1ccc2c(c1)OCO2. The summed E-state index contributed by atoms with van der Waals surface area (Å²) in [6.07, 6.45) is 1.37. The summed E-state index contributed by atoms with van der Waals surface area (Å²) in [4.78, 5) is 12.0. The zero-order chi connectivity index (χ0) is 15.5. The molecule has 0 saturated heterocycles. The van der Waals surface area contributed by atoms with Crippen LogP contribution in [0.5, 0.6) is 17.2 Å². The van der Waals surface area contributed by atoms with E-state index >= 15 is 0 Å². The molecule has 1 heterocycles. The number of nitrogens with one attached hydrogen (secondary N) is 1. The van der Waals surface area contributed by atoms with Crippen molar-refractivity contribution in [3.8, 4) is 17.2 Å². The summed E-state index contributed by atoms with van der Waals surface area (Å²) in [6.45, 7) is 0.153. The van der Waals surface area contributed by atoms with Crippen molar-refractivity contribution in [3.05, 3.63) is 52.0 Å². The Morgan fingerprint density at radius 2 is 2.05 bits per heavy atom. The Bertz CT molecular complexity index is 761. The van der Waals surface area contributed by atoms with Crippen molar-refractivity contribution in [2.24, 2.45) is 5.10 Å². The average Bonchev–Trinajstić information content (AvgIpc) is 2.98. The fourth-order valence-electron chi connectivity index (χ4n) is 1.89. The van der Waals surface area contributed by atoms with Crippen LogP contribution in [-0.4, -0.2) is 24.0 Å². The Hall–Kier alpha value is -2.54. The van der Waals surface area contributed by atoms with E-state index in [9.17, 15) is 9.90 Å². The highest BCUT2D eigenvalue weighted by atomic mass is 79.9. The molecule has 0 bridgehead atoms. The van der Waals surface area contributed by atoms with Crippen molar-refractivity contribution in [2.75, 3.05) is 6.79 Å². The molecule has 3 rings (SSSR count). The first-order chi connectivity index (χ1) is 10.6. The minimum absolute atomic E-state index is 0.0734. The Balaban J connectivity index is 1.69. The second-order valence-corrected chi connectivity index (χ2v) is 5.39. The van der Waals surface area contributed by atoms with E-state index < -0.39 is 0 Å². The molecule has 0 aromatic heterocycles. The van der Waals surface area contributed by atoms with Crippen LogP contribution in [0.25, 0.3) is 0 Å². The number of hydrogen-bond acceptors (Lipinski definition) is 5. The van der Waals surface area contributed by atoms with Crippen LogP contribution >= 0.6 is 15.9 Å². The predicted molar refractivity (Wildman–Crippen MR) is 83.4 cm³/mol. The number of fused-ring (bicyclic) bond motifs is 1. The number of hydrogen-bond donors (Lipinski definition) is 2. The fraction of sp³-hybridized carbons (Fsp3) is 0.0667. The zero-order valence-electron chi connectivity index (χ0n) is 11.2. The van der Waals surface area contributed by atoms with Crippen LogP contribution in [0.15, 0.2) is 46.0 Å². The molecule has 0 spiro atoms. The van der Waals surface area contributed by atoms with Crippen molar-refractivity contribution >= 4 is 28.1 Å². The number of carbonyl (C=O) groups excluding carboxylic acids is 1. The highest BCUT2D eigenvalue weighted by Gasteiger charge is 2.15. The maximum atomic E-state index is 12.0. The molecule has 0 fully saturated rings. The number of nitrogens with zero attached hydrogens (tertiary/aromatic N) is 1. The lowest BCUT2D eigenvalue weighted by atomic mass is 10.2. The van der Waals surface area contributed by atoms with Gasteiger partial charge in [-0.3, -0.25) is 4.79 Å². The van der Waals surface area contributed by atoms with E-state index in [0.29, 0.717) is 22.6 Å². The van der Waals surface area contributed by atoms with Crippen molar-refractivity contribution in [2.45, 2.75) is 0 Å². The Kier molecular flexibility index (Phi) is 3.97. The lowest BCUT2D eigenvalue weighted by molar-refractivity contribution is 0.0954. The van der Waals surface area contributed by atoms with E-state index in [1.54, 1.807) is 30.3 Å². The van der Waals surface area contributed by atoms with Gasteiger partial charge in [0.25, 0.3) is 5.91 Å². The second kappa shape index (κ2) is 6.07. The molecule has 1 aliphatic heterocycles. The third-order valence-corrected chi connectivity index (χ3v) is 3.49. The number of benzene rings is 2. The topological polar surface area (TPSA) is 80.2 Å². The van der Waals surface area contributed by atoms with Gasteiger partial charge in [-0.1, -0.05) is 15.9 Å². The molecule has 112 valence electrons. The first-order valence-corrected chi connectivity index (χ1v) is 7.14. The standard InChI is InChI=1S/C15H11BrN2O4/c16-11-2-3-12(19)10(5-11)7-17-18-15(20)9-1-4-13-14(6-9)22-8-21-13/h1-7,19H,8H2,(H,18,20). The number of halogens is 1. The highest BCUT2D eigenvalue weighted by Crippen LogP contribution is 2.32. The monoisotopic (exact) mass is 362 g/mol. The maximum Gasteiger partial charge on any atom is 0.271 e. The Labute approximate surface area is 134 Å². The predicted octanol–water partition coefficient (Wildman–Crippen LogP) is 2.65. The Morgan fingerprint density at radius 3 is 2.91 bits per heavy atom. The number of rotatable bonds is 3. The summed E-state index contributed by atoms with van der Waals surface area (Å²) in [5, 5.41) is 13.5. The van der Waals surface area contributed by atoms with Crippen LogP contribution in [0.2, 0.25) is 0 Å². The van der Waals surface area contributed by atoms with Crippen LogP contribution in [0.3, 0.4) is 0 Å². The number of hydrazone groups is 1. The molecule has 2 N–H and O–H groups in total. The smallest absolute Gasteiger partial charge is 0.271 e. The summed E-state index contributed by atoms with van der Waals surface area (Å²) in [5.41, 5.74) is 3.28. The van der Waals surface area contributed by atoms with Gasteiger partial charge in [-0.05, 0) is 36.4 Å². The third-order valence-electron chi connectivity index (χ3n) is 2.99. The molecule has 1 aliphatic rings. The van der Waals surface area contributed by atoms with Gasteiger partial charge in [0.1, 0.15) is 5.75 Å². The quantitative estimate of drug-likeness (QED) is 0.649. The number of phenols is 1. The number of aromatic hydroxyl groups is 1. The summed E-state index contributed by atoms with van der Waals surface area (Å²) in [7, 11) is 0. The molecule has 7 heteroatoms. The first kappa shape index (κ1) is 14.4. The molecule has 0 atom stereocenters. The van der Waals surface area contributed by atoms with Gasteiger partial charge in [0.05, 0.1) is 6.21 Å². The van der Waals surface area contributed by atoms with E-state index in [2.05, 4.69) is 26.5 Å². The molecule has 22 heavy (non-hydrogen) atoms. The number of ether oxygens (including phenoxy) is 2. The molecule has 6 nitrogen and oxygen atoms in total. The van der Waals surface area contributed by atoms with Crippen LogP contribution in [0.1, 0.15) is 15.9 Å². The van der Waals surface area contributed by atoms with Gasteiger partial charge in [0, 0.05) is 15.6 Å². The van der Waals surface area contributed by atoms with Crippen molar-refractivity contribution < 1.29 is 19.4 Å². The average molecular weight is 363 g/mol. The van der Waals surface area contributed by atoms with Gasteiger partial charge in [-0.15, -0.1) is 0 Å². The molecule has 2 aromatic rings. The number of amides is 1. The van der Waals surface area contributed by atoms with Crippen LogP contribution in [0.4, 0.5) is 0 Å². The number of phenolic OH excluding ortho intramolecular Hbond substituents is 1. The lowest BCUT2D eigenvalue weighted by Gasteiger charge is -2.02. The molecule has 0 saturated carbocycles. The fourth-order valence-corrected chi connectivity index (χ4v) is 2.27. The minimum Gasteiger partial charge on any atom is -0.507 e. The molecule has 0 unspecified atom stereocenters. The Morgan fingerprint density at radius 1 is 1.23 bits per heavy atom. The van der Waals surface area contributed by atoms with Crippen molar-refractivity contribution in [1.29, 1.82) is 0 Å². The van der Waals surface area contributed by atoms with Crippen LogP contribution < -0.4 is 14.9 Å². The summed E-state index contributed by atoms with van der Waals surface area (Å²) >= 11 is 3.30. The molecule has 0 aliphatic carbocycles. The molecule has 2 aromatic carbocycles. The summed E-state index contributed by atoms with van der Waals surface area (Å²) in [5.74, 6) is 0.827. The largest absolute Gasteiger partial charge is 0.507 e. The van der Waals surface area contributed by atoms with Crippen LogP contribution in [-0.2, 0) is 0 Å². The van der Waals surface area contributed by atoms with E-state index in [-0.39, 0.29) is 18.4 Å². The zero-order valence-corrected chi connectivity index (χ0v) is 12.8. The van der Waals surface area contributed by atoms with E-state index in [1.165, 1.54) is 12.3 Å². The highest BCUT2D eigenvalue weighted by molar-refractivity contribution is 9.10. The van der Waals surface area contributed by atoms with Gasteiger partial charge in [-0.25, -0.2) is 5.43 Å². The van der Waals surface area contributed by atoms with Crippen LogP contribution in [0, 0.1) is 0 Å².